The molecule has 2 aliphatic rings. The largest absolute Gasteiger partial charge is 0.334 e. The summed E-state index contributed by atoms with van der Waals surface area (Å²) in [6, 6.07) is 0. The van der Waals surface area contributed by atoms with Gasteiger partial charge in [-0.15, -0.1) is 0 Å². The van der Waals surface area contributed by atoms with Crippen LogP contribution < -0.4 is 10.6 Å². The molecular weight excluding hydrogens is 226 g/mol. The lowest BCUT2D eigenvalue weighted by Gasteiger charge is -2.50. The molecule has 0 aromatic heterocycles. The molecule has 4 heteroatoms. The van der Waals surface area contributed by atoms with Crippen molar-refractivity contribution in [1.29, 1.82) is 0 Å². The quantitative estimate of drug-likeness (QED) is 0.732. The molecule has 2 saturated heterocycles. The molecule has 0 aromatic carbocycles. The Morgan fingerprint density at radius 3 is 2.44 bits per heavy atom. The standard InChI is InChI=1S/C14H27N3O/c1-13(2,3)10-12(18)17-9-8-16-11-14(17)4-6-15-7-5-14/h15-16H,4-11H2,1-3H3. The van der Waals surface area contributed by atoms with Crippen molar-refractivity contribution in [1.82, 2.24) is 15.5 Å². The molecule has 18 heavy (non-hydrogen) atoms. The number of rotatable bonds is 1. The van der Waals surface area contributed by atoms with Crippen LogP contribution in [0.2, 0.25) is 0 Å². The Morgan fingerprint density at radius 2 is 1.83 bits per heavy atom. The SMILES string of the molecule is CC(C)(C)CC(=O)N1CCNCC12CCNCC2. The number of piperazine rings is 1. The van der Waals surface area contributed by atoms with Gasteiger partial charge in [0.15, 0.2) is 0 Å². The second kappa shape index (κ2) is 5.17. The average Bonchev–Trinajstić information content (AvgIpc) is 2.28. The fourth-order valence-electron chi connectivity index (χ4n) is 3.12. The van der Waals surface area contributed by atoms with Gasteiger partial charge in [0, 0.05) is 26.1 Å². The van der Waals surface area contributed by atoms with Gasteiger partial charge in [-0.3, -0.25) is 4.79 Å². The molecule has 1 amide bonds. The summed E-state index contributed by atoms with van der Waals surface area (Å²) >= 11 is 0. The molecule has 2 N–H and O–H groups in total. The highest BCUT2D eigenvalue weighted by molar-refractivity contribution is 5.78. The van der Waals surface area contributed by atoms with Crippen molar-refractivity contribution in [3.8, 4) is 0 Å². The highest BCUT2D eigenvalue weighted by Gasteiger charge is 2.42. The molecule has 0 aromatic rings. The van der Waals surface area contributed by atoms with Gasteiger partial charge in [-0.05, 0) is 31.3 Å². The number of hydrogen-bond donors (Lipinski definition) is 2. The smallest absolute Gasteiger partial charge is 0.223 e. The van der Waals surface area contributed by atoms with E-state index in [1.807, 2.05) is 0 Å². The van der Waals surface area contributed by atoms with Gasteiger partial charge >= 0.3 is 0 Å². The number of nitrogens with one attached hydrogen (secondary N) is 2. The first-order chi connectivity index (χ1) is 8.43. The van der Waals surface area contributed by atoms with Crippen molar-refractivity contribution in [2.75, 3.05) is 32.7 Å². The van der Waals surface area contributed by atoms with E-state index >= 15 is 0 Å². The summed E-state index contributed by atoms with van der Waals surface area (Å²) in [6.07, 6.45) is 2.81. The Balaban J connectivity index is 2.10. The number of piperidine rings is 1. The maximum Gasteiger partial charge on any atom is 0.223 e. The number of carbonyl (C=O) groups is 1. The summed E-state index contributed by atoms with van der Waals surface area (Å²) < 4.78 is 0. The Hall–Kier alpha value is -0.610. The van der Waals surface area contributed by atoms with E-state index in [1.165, 1.54) is 0 Å². The monoisotopic (exact) mass is 253 g/mol. The van der Waals surface area contributed by atoms with Gasteiger partial charge in [0.1, 0.15) is 0 Å². The van der Waals surface area contributed by atoms with Crippen LogP contribution in [-0.4, -0.2) is 49.1 Å². The molecule has 0 atom stereocenters. The predicted octanol–water partition coefficient (Wildman–Crippen LogP) is 0.977. The fraction of sp³-hybridized carbons (Fsp3) is 0.929. The lowest BCUT2D eigenvalue weighted by Crippen LogP contribution is -2.66. The van der Waals surface area contributed by atoms with Crippen molar-refractivity contribution in [3.63, 3.8) is 0 Å². The van der Waals surface area contributed by atoms with Crippen LogP contribution in [0.5, 0.6) is 0 Å². The topological polar surface area (TPSA) is 44.4 Å². The second-order valence-electron chi connectivity index (χ2n) is 6.93. The predicted molar refractivity (Wildman–Crippen MR) is 73.5 cm³/mol. The number of hydrogen-bond acceptors (Lipinski definition) is 3. The summed E-state index contributed by atoms with van der Waals surface area (Å²) in [6.45, 7) is 11.2. The third-order valence-corrected chi connectivity index (χ3v) is 4.06. The summed E-state index contributed by atoms with van der Waals surface area (Å²) in [5.74, 6) is 0.339. The van der Waals surface area contributed by atoms with E-state index in [-0.39, 0.29) is 11.0 Å². The number of nitrogens with zero attached hydrogens (tertiary/aromatic N) is 1. The van der Waals surface area contributed by atoms with Gasteiger partial charge in [-0.2, -0.15) is 0 Å². The molecule has 1 spiro atoms. The van der Waals surface area contributed by atoms with Crippen LogP contribution in [0.3, 0.4) is 0 Å². The maximum absolute atomic E-state index is 12.6. The Kier molecular flexibility index (Phi) is 3.97. The third-order valence-electron chi connectivity index (χ3n) is 4.06. The van der Waals surface area contributed by atoms with Gasteiger partial charge in [-0.1, -0.05) is 20.8 Å². The summed E-state index contributed by atoms with van der Waals surface area (Å²) in [5.41, 5.74) is 0.155. The minimum absolute atomic E-state index is 0.0752. The van der Waals surface area contributed by atoms with E-state index in [0.717, 1.165) is 45.6 Å². The van der Waals surface area contributed by atoms with Gasteiger partial charge in [0.25, 0.3) is 0 Å². The van der Waals surface area contributed by atoms with Crippen LogP contribution in [0, 0.1) is 5.41 Å². The first-order valence-electron chi connectivity index (χ1n) is 7.15. The van der Waals surface area contributed by atoms with E-state index in [4.69, 9.17) is 0 Å². The summed E-state index contributed by atoms with van der Waals surface area (Å²) in [4.78, 5) is 14.7. The fourth-order valence-corrected chi connectivity index (χ4v) is 3.12. The lowest BCUT2D eigenvalue weighted by molar-refractivity contribution is -0.142. The van der Waals surface area contributed by atoms with Gasteiger partial charge in [0.2, 0.25) is 5.91 Å². The summed E-state index contributed by atoms with van der Waals surface area (Å²) in [5, 5.41) is 6.87. The molecule has 0 unspecified atom stereocenters. The normalized spacial score (nSPS) is 24.3. The van der Waals surface area contributed by atoms with E-state index in [1.54, 1.807) is 0 Å². The lowest BCUT2D eigenvalue weighted by atomic mass is 9.83. The van der Waals surface area contributed by atoms with Gasteiger partial charge < -0.3 is 15.5 Å². The van der Waals surface area contributed by atoms with Crippen molar-refractivity contribution in [2.45, 2.75) is 45.6 Å². The molecule has 0 saturated carbocycles. The third kappa shape index (κ3) is 3.04. The molecule has 0 bridgehead atoms. The average molecular weight is 253 g/mol. The van der Waals surface area contributed by atoms with Crippen LogP contribution in [0.15, 0.2) is 0 Å². The zero-order valence-electron chi connectivity index (χ0n) is 12.0. The molecule has 2 aliphatic heterocycles. The van der Waals surface area contributed by atoms with E-state index in [2.05, 4.69) is 36.3 Å². The molecule has 4 nitrogen and oxygen atoms in total. The minimum Gasteiger partial charge on any atom is -0.334 e. The molecule has 0 radical (unpaired) electrons. The summed E-state index contributed by atoms with van der Waals surface area (Å²) in [7, 11) is 0. The maximum atomic E-state index is 12.6. The zero-order chi connectivity index (χ0) is 13.2. The van der Waals surface area contributed by atoms with E-state index in [0.29, 0.717) is 12.3 Å². The van der Waals surface area contributed by atoms with Crippen LogP contribution in [0.1, 0.15) is 40.0 Å². The Labute approximate surface area is 110 Å². The molecule has 0 aliphatic carbocycles. The molecule has 104 valence electrons. The van der Waals surface area contributed by atoms with Crippen LogP contribution in [0.25, 0.3) is 0 Å². The van der Waals surface area contributed by atoms with Crippen LogP contribution >= 0.6 is 0 Å². The van der Waals surface area contributed by atoms with E-state index < -0.39 is 0 Å². The molecule has 2 heterocycles. The van der Waals surface area contributed by atoms with Crippen molar-refractivity contribution >= 4 is 5.91 Å². The van der Waals surface area contributed by atoms with Crippen LogP contribution in [-0.2, 0) is 4.79 Å². The van der Waals surface area contributed by atoms with Crippen molar-refractivity contribution < 1.29 is 4.79 Å². The van der Waals surface area contributed by atoms with Crippen LogP contribution in [0.4, 0.5) is 0 Å². The van der Waals surface area contributed by atoms with Crippen molar-refractivity contribution in [2.24, 2.45) is 5.41 Å². The number of amides is 1. The van der Waals surface area contributed by atoms with Gasteiger partial charge in [0.05, 0.1) is 5.54 Å². The van der Waals surface area contributed by atoms with E-state index in [9.17, 15) is 4.79 Å². The molecule has 2 fully saturated rings. The highest BCUT2D eigenvalue weighted by atomic mass is 16.2. The zero-order valence-corrected chi connectivity index (χ0v) is 12.0. The Bertz CT molecular complexity index is 294. The first kappa shape index (κ1) is 13.8. The van der Waals surface area contributed by atoms with Crippen molar-refractivity contribution in [3.05, 3.63) is 0 Å². The molecular formula is C14H27N3O. The van der Waals surface area contributed by atoms with Gasteiger partial charge in [-0.25, -0.2) is 0 Å². The Morgan fingerprint density at radius 1 is 1.17 bits per heavy atom. The first-order valence-corrected chi connectivity index (χ1v) is 7.15. The highest BCUT2D eigenvalue weighted by Crippen LogP contribution is 2.30. The minimum atomic E-state index is 0.0752. The number of carbonyl (C=O) groups excluding carboxylic acids is 1. The second-order valence-corrected chi connectivity index (χ2v) is 6.93. The molecule has 2 rings (SSSR count).